The van der Waals surface area contributed by atoms with Crippen molar-refractivity contribution in [2.24, 2.45) is 0 Å². The quantitative estimate of drug-likeness (QED) is 0.768. The van der Waals surface area contributed by atoms with Crippen molar-refractivity contribution in [3.8, 4) is 5.82 Å². The highest BCUT2D eigenvalue weighted by molar-refractivity contribution is 5.81. The average Bonchev–Trinajstić information content (AvgIpc) is 3.18. The molecule has 3 aromatic rings. The Morgan fingerprint density at radius 1 is 1.00 bits per heavy atom. The third kappa shape index (κ3) is 3.28. The SMILES string of the molecule is c1nc(N2CCOCC2)cc(-n2ncc3ccc(C4CCNCC4)cc32)n1. The molecule has 2 aliphatic rings. The smallest absolute Gasteiger partial charge is 0.159 e. The van der Waals surface area contributed by atoms with Crippen LogP contribution in [0.2, 0.25) is 0 Å². The number of ether oxygens (including phenoxy) is 1. The van der Waals surface area contributed by atoms with Gasteiger partial charge in [-0.15, -0.1) is 0 Å². The predicted octanol–water partition coefficient (Wildman–Crippen LogP) is 2.12. The molecule has 2 aliphatic heterocycles. The molecule has 1 aromatic carbocycles. The Labute approximate surface area is 158 Å². The van der Waals surface area contributed by atoms with Crippen LogP contribution in [0.3, 0.4) is 0 Å². The zero-order valence-corrected chi connectivity index (χ0v) is 15.3. The van der Waals surface area contributed by atoms with Gasteiger partial charge in [0.25, 0.3) is 0 Å². The molecular weight excluding hydrogens is 340 g/mol. The molecule has 2 aromatic heterocycles. The van der Waals surface area contributed by atoms with Crippen LogP contribution in [0.4, 0.5) is 5.82 Å². The van der Waals surface area contributed by atoms with Crippen LogP contribution in [0.15, 0.2) is 36.8 Å². The zero-order chi connectivity index (χ0) is 18.1. The summed E-state index contributed by atoms with van der Waals surface area (Å²) < 4.78 is 7.38. The predicted molar refractivity (Wildman–Crippen MR) is 105 cm³/mol. The summed E-state index contributed by atoms with van der Waals surface area (Å²) in [7, 11) is 0. The molecule has 0 aliphatic carbocycles. The number of anilines is 1. The number of nitrogens with one attached hydrogen (secondary N) is 1. The summed E-state index contributed by atoms with van der Waals surface area (Å²) in [6, 6.07) is 8.74. The highest BCUT2D eigenvalue weighted by Crippen LogP contribution is 2.29. The Balaban J connectivity index is 1.50. The maximum absolute atomic E-state index is 5.45. The van der Waals surface area contributed by atoms with E-state index < -0.39 is 0 Å². The summed E-state index contributed by atoms with van der Waals surface area (Å²) >= 11 is 0. The fourth-order valence-corrected chi connectivity index (χ4v) is 4.05. The lowest BCUT2D eigenvalue weighted by atomic mass is 9.90. The lowest BCUT2D eigenvalue weighted by Gasteiger charge is -2.27. The molecular formula is C20H24N6O. The van der Waals surface area contributed by atoms with E-state index in [2.05, 4.69) is 43.5 Å². The van der Waals surface area contributed by atoms with Crippen LogP contribution in [-0.2, 0) is 4.74 Å². The molecule has 7 heteroatoms. The summed E-state index contributed by atoms with van der Waals surface area (Å²) in [4.78, 5) is 11.2. The summed E-state index contributed by atoms with van der Waals surface area (Å²) in [6.45, 7) is 5.38. The van der Waals surface area contributed by atoms with Gasteiger partial charge in [0.05, 0.1) is 24.9 Å². The molecule has 0 spiro atoms. The standard InChI is InChI=1S/C20H24N6O/c1-2-17-13-24-26(18(17)11-16(1)15-3-5-21-6-4-15)20-12-19(22-14-23-20)25-7-9-27-10-8-25/h1-2,11-15,21H,3-10H2. The molecule has 27 heavy (non-hydrogen) atoms. The number of morpholine rings is 1. The maximum atomic E-state index is 5.45. The van der Waals surface area contributed by atoms with Gasteiger partial charge in [-0.25, -0.2) is 14.6 Å². The molecule has 2 saturated heterocycles. The van der Waals surface area contributed by atoms with Gasteiger partial charge < -0.3 is 15.0 Å². The number of hydrogen-bond acceptors (Lipinski definition) is 6. The van der Waals surface area contributed by atoms with Crippen molar-refractivity contribution < 1.29 is 4.74 Å². The number of aromatic nitrogens is 4. The van der Waals surface area contributed by atoms with Crippen LogP contribution in [0.5, 0.6) is 0 Å². The van der Waals surface area contributed by atoms with E-state index in [1.807, 2.05) is 16.9 Å². The van der Waals surface area contributed by atoms with Crippen molar-refractivity contribution in [2.75, 3.05) is 44.3 Å². The summed E-state index contributed by atoms with van der Waals surface area (Å²) in [5.74, 6) is 2.36. The summed E-state index contributed by atoms with van der Waals surface area (Å²) in [6.07, 6.45) is 5.92. The molecule has 0 radical (unpaired) electrons. The first-order valence-electron chi connectivity index (χ1n) is 9.72. The highest BCUT2D eigenvalue weighted by atomic mass is 16.5. The van der Waals surface area contributed by atoms with E-state index in [1.165, 1.54) is 18.4 Å². The summed E-state index contributed by atoms with van der Waals surface area (Å²) in [5, 5.41) is 9.19. The first-order valence-corrected chi connectivity index (χ1v) is 9.72. The zero-order valence-electron chi connectivity index (χ0n) is 15.3. The van der Waals surface area contributed by atoms with Gasteiger partial charge in [0.1, 0.15) is 12.1 Å². The molecule has 2 fully saturated rings. The fourth-order valence-electron chi connectivity index (χ4n) is 4.05. The monoisotopic (exact) mass is 364 g/mol. The van der Waals surface area contributed by atoms with Crippen molar-refractivity contribution in [2.45, 2.75) is 18.8 Å². The van der Waals surface area contributed by atoms with Crippen LogP contribution in [0.1, 0.15) is 24.3 Å². The molecule has 0 unspecified atom stereocenters. The van der Waals surface area contributed by atoms with Crippen molar-refractivity contribution in [3.05, 3.63) is 42.4 Å². The topological polar surface area (TPSA) is 68.1 Å². The Bertz CT molecular complexity index is 927. The third-order valence-electron chi connectivity index (χ3n) is 5.60. The number of nitrogens with zero attached hydrogens (tertiary/aromatic N) is 5. The van der Waals surface area contributed by atoms with Gasteiger partial charge in [-0.05, 0) is 43.5 Å². The molecule has 0 atom stereocenters. The molecule has 5 rings (SSSR count). The van der Waals surface area contributed by atoms with Gasteiger partial charge in [0.2, 0.25) is 0 Å². The largest absolute Gasteiger partial charge is 0.378 e. The van der Waals surface area contributed by atoms with Crippen molar-refractivity contribution in [1.82, 2.24) is 25.1 Å². The van der Waals surface area contributed by atoms with Gasteiger partial charge in [-0.3, -0.25) is 0 Å². The molecule has 1 N–H and O–H groups in total. The number of piperidine rings is 1. The molecule has 7 nitrogen and oxygen atoms in total. The molecule has 0 saturated carbocycles. The van der Waals surface area contributed by atoms with Gasteiger partial charge in [-0.2, -0.15) is 5.10 Å². The Morgan fingerprint density at radius 2 is 1.81 bits per heavy atom. The van der Waals surface area contributed by atoms with E-state index in [0.717, 1.165) is 61.9 Å². The second-order valence-electron chi connectivity index (χ2n) is 7.23. The highest BCUT2D eigenvalue weighted by Gasteiger charge is 2.18. The van der Waals surface area contributed by atoms with Crippen LogP contribution in [0.25, 0.3) is 16.7 Å². The minimum atomic E-state index is 0.619. The number of hydrogen-bond donors (Lipinski definition) is 1. The van der Waals surface area contributed by atoms with E-state index >= 15 is 0 Å². The van der Waals surface area contributed by atoms with Gasteiger partial charge in [0, 0.05) is 24.5 Å². The lowest BCUT2D eigenvalue weighted by molar-refractivity contribution is 0.122. The van der Waals surface area contributed by atoms with E-state index in [1.54, 1.807) is 6.33 Å². The van der Waals surface area contributed by atoms with Crippen LogP contribution < -0.4 is 10.2 Å². The van der Waals surface area contributed by atoms with E-state index in [0.29, 0.717) is 5.92 Å². The minimum Gasteiger partial charge on any atom is -0.378 e. The van der Waals surface area contributed by atoms with Crippen molar-refractivity contribution in [1.29, 1.82) is 0 Å². The van der Waals surface area contributed by atoms with E-state index in [4.69, 9.17) is 4.74 Å². The Morgan fingerprint density at radius 3 is 2.67 bits per heavy atom. The van der Waals surface area contributed by atoms with E-state index in [-0.39, 0.29) is 0 Å². The first-order chi connectivity index (χ1) is 13.4. The maximum Gasteiger partial charge on any atom is 0.159 e. The number of rotatable bonds is 3. The average molecular weight is 364 g/mol. The van der Waals surface area contributed by atoms with Gasteiger partial charge in [-0.1, -0.05) is 12.1 Å². The first kappa shape index (κ1) is 16.6. The normalized spacial score (nSPS) is 18.9. The van der Waals surface area contributed by atoms with Gasteiger partial charge >= 0.3 is 0 Å². The minimum absolute atomic E-state index is 0.619. The number of fused-ring (bicyclic) bond motifs is 1. The second kappa shape index (κ2) is 7.25. The molecule has 0 bridgehead atoms. The lowest BCUT2D eigenvalue weighted by Crippen LogP contribution is -2.36. The van der Waals surface area contributed by atoms with Crippen molar-refractivity contribution >= 4 is 16.7 Å². The fraction of sp³-hybridized carbons (Fsp3) is 0.450. The van der Waals surface area contributed by atoms with Crippen LogP contribution >= 0.6 is 0 Å². The van der Waals surface area contributed by atoms with Gasteiger partial charge in [0.15, 0.2) is 5.82 Å². The van der Waals surface area contributed by atoms with E-state index in [9.17, 15) is 0 Å². The Kier molecular flexibility index (Phi) is 4.47. The third-order valence-corrected chi connectivity index (χ3v) is 5.60. The van der Waals surface area contributed by atoms with Crippen molar-refractivity contribution in [3.63, 3.8) is 0 Å². The summed E-state index contributed by atoms with van der Waals surface area (Å²) in [5.41, 5.74) is 2.51. The molecule has 4 heterocycles. The van der Waals surface area contributed by atoms with Crippen LogP contribution in [-0.4, -0.2) is 59.1 Å². The van der Waals surface area contributed by atoms with Crippen LogP contribution in [0, 0.1) is 0 Å². The Hall–Kier alpha value is -2.51. The molecule has 140 valence electrons. The number of benzene rings is 1. The second-order valence-corrected chi connectivity index (χ2v) is 7.23. The molecule has 0 amide bonds.